The van der Waals surface area contributed by atoms with E-state index in [1.807, 2.05) is 99.6 Å². The molecule has 5 rings (SSSR count). The van der Waals surface area contributed by atoms with E-state index in [2.05, 4.69) is 13.8 Å². The van der Waals surface area contributed by atoms with Gasteiger partial charge in [-0.15, -0.1) is 0 Å². The van der Waals surface area contributed by atoms with Crippen LogP contribution in [0, 0.1) is 0 Å². The predicted octanol–water partition coefficient (Wildman–Crippen LogP) is 10.5. The minimum atomic E-state index is -0.645. The van der Waals surface area contributed by atoms with Crippen molar-refractivity contribution in [3.05, 3.63) is 126 Å². The molecule has 0 unspecified atom stereocenters. The number of carbonyl (C=O) groups excluding carboxylic acids is 2. The molecule has 0 radical (unpaired) electrons. The van der Waals surface area contributed by atoms with Crippen molar-refractivity contribution in [2.24, 2.45) is 0 Å². The van der Waals surface area contributed by atoms with E-state index in [1.165, 1.54) is 11.7 Å². The summed E-state index contributed by atoms with van der Waals surface area (Å²) in [7, 11) is 1.35. The van der Waals surface area contributed by atoms with Crippen LogP contribution in [0.1, 0.15) is 74.5 Å². The standard InChI is InChI=1S/C44H49NO8/c1-7-17-33-37(23-14-24-38(33)52-39-22-13-12-20-34(39)42(46)48-6)49-26-16-27-50-40-29-41(51-30-31-18-10-9-11-19-31)35(28-32(40)8-2)36-21-15-25-45(36)43(47)53-44(3,4)5/h9-15,18-25,28-29H,7-8,16-17,26-27,30H2,1-6H3. The number of esters is 1. The summed E-state index contributed by atoms with van der Waals surface area (Å²) >= 11 is 0. The molecule has 53 heavy (non-hydrogen) atoms. The third kappa shape index (κ3) is 10.2. The fraction of sp³-hybridized carbons (Fsp3) is 0.318. The second kappa shape index (κ2) is 18.2. The van der Waals surface area contributed by atoms with Crippen molar-refractivity contribution < 1.29 is 38.0 Å². The molecule has 5 aromatic rings. The Morgan fingerprint density at radius 2 is 1.42 bits per heavy atom. The van der Waals surface area contributed by atoms with Crippen molar-refractivity contribution in [1.29, 1.82) is 0 Å². The van der Waals surface area contributed by atoms with Crippen molar-refractivity contribution in [3.8, 4) is 40.0 Å². The number of hydrogen-bond acceptors (Lipinski definition) is 8. The lowest BCUT2D eigenvalue weighted by molar-refractivity contribution is 0.0538. The van der Waals surface area contributed by atoms with E-state index < -0.39 is 17.7 Å². The number of carbonyl (C=O) groups is 2. The topological polar surface area (TPSA) is 94.5 Å². The number of aryl methyl sites for hydroxylation is 1. The zero-order valence-corrected chi connectivity index (χ0v) is 31.5. The number of hydrogen-bond donors (Lipinski definition) is 0. The lowest BCUT2D eigenvalue weighted by Crippen LogP contribution is -2.27. The average Bonchev–Trinajstić information content (AvgIpc) is 3.65. The van der Waals surface area contributed by atoms with Crippen molar-refractivity contribution >= 4 is 12.1 Å². The lowest BCUT2D eigenvalue weighted by Gasteiger charge is -2.22. The van der Waals surface area contributed by atoms with Gasteiger partial charge in [0.25, 0.3) is 0 Å². The molecule has 0 saturated heterocycles. The molecule has 0 amide bonds. The van der Waals surface area contributed by atoms with Gasteiger partial charge in [0.2, 0.25) is 0 Å². The first-order chi connectivity index (χ1) is 25.6. The highest BCUT2D eigenvalue weighted by molar-refractivity contribution is 5.92. The maximum absolute atomic E-state index is 13.2. The second-order valence-corrected chi connectivity index (χ2v) is 13.5. The summed E-state index contributed by atoms with van der Waals surface area (Å²) in [6.07, 6.45) is 4.18. The molecule has 9 nitrogen and oxygen atoms in total. The quantitative estimate of drug-likeness (QED) is 0.0735. The highest BCUT2D eigenvalue weighted by atomic mass is 16.6. The van der Waals surface area contributed by atoms with Gasteiger partial charge in [0.1, 0.15) is 46.5 Å². The normalized spacial score (nSPS) is 11.1. The maximum Gasteiger partial charge on any atom is 0.418 e. The summed E-state index contributed by atoms with van der Waals surface area (Å²) in [5, 5.41) is 0. The average molecular weight is 720 g/mol. The Balaban J connectivity index is 1.32. The van der Waals surface area contributed by atoms with Gasteiger partial charge in [-0.3, -0.25) is 4.57 Å². The molecule has 1 aromatic heterocycles. The van der Waals surface area contributed by atoms with E-state index >= 15 is 0 Å². The molecule has 0 aliphatic heterocycles. The number of para-hydroxylation sites is 1. The van der Waals surface area contributed by atoms with Gasteiger partial charge in [0.05, 0.1) is 26.0 Å². The number of nitrogens with zero attached hydrogens (tertiary/aromatic N) is 1. The van der Waals surface area contributed by atoms with Gasteiger partial charge < -0.3 is 28.4 Å². The minimum Gasteiger partial charge on any atom is -0.493 e. The Kier molecular flexibility index (Phi) is 13.2. The van der Waals surface area contributed by atoms with E-state index in [0.29, 0.717) is 66.9 Å². The third-order valence-corrected chi connectivity index (χ3v) is 8.30. The Hall–Kier alpha value is -5.70. The number of benzene rings is 4. The number of aromatic nitrogens is 1. The van der Waals surface area contributed by atoms with Gasteiger partial charge in [-0.05, 0) is 87.2 Å². The molecular weight excluding hydrogens is 670 g/mol. The number of methoxy groups -OCH3 is 1. The van der Waals surface area contributed by atoms with Crippen LogP contribution >= 0.6 is 0 Å². The summed E-state index contributed by atoms with van der Waals surface area (Å²) in [5.41, 5.74) is 4.07. The summed E-state index contributed by atoms with van der Waals surface area (Å²) in [5.74, 6) is 2.62. The van der Waals surface area contributed by atoms with E-state index in [0.717, 1.165) is 40.8 Å². The molecule has 0 fully saturated rings. The molecular formula is C44H49NO8. The van der Waals surface area contributed by atoms with Crippen LogP contribution in [-0.2, 0) is 28.9 Å². The molecule has 0 aliphatic rings. The SMILES string of the molecule is CCCc1c(OCCCOc2cc(OCc3ccccc3)c(-c3cccn3C(=O)OC(C)(C)C)cc2CC)cccc1Oc1ccccc1C(=O)OC. The Morgan fingerprint density at radius 1 is 0.717 bits per heavy atom. The van der Waals surface area contributed by atoms with Crippen molar-refractivity contribution in [2.75, 3.05) is 20.3 Å². The van der Waals surface area contributed by atoms with Gasteiger partial charge in [-0.1, -0.05) is 68.8 Å². The Bertz CT molecular complexity index is 1980. The number of ether oxygens (including phenoxy) is 6. The first kappa shape index (κ1) is 38.5. The predicted molar refractivity (Wildman–Crippen MR) is 206 cm³/mol. The molecule has 278 valence electrons. The summed E-state index contributed by atoms with van der Waals surface area (Å²) < 4.78 is 37.5. The molecule has 0 bridgehead atoms. The third-order valence-electron chi connectivity index (χ3n) is 8.30. The van der Waals surface area contributed by atoms with Crippen LogP contribution in [0.3, 0.4) is 0 Å². The van der Waals surface area contributed by atoms with Gasteiger partial charge >= 0.3 is 12.1 Å². The molecule has 0 aliphatic carbocycles. The lowest BCUT2D eigenvalue weighted by atomic mass is 10.0. The zero-order chi connectivity index (χ0) is 37.8. The summed E-state index contributed by atoms with van der Waals surface area (Å²) in [4.78, 5) is 25.5. The van der Waals surface area contributed by atoms with Crippen LogP contribution in [0.15, 0.2) is 103 Å². The van der Waals surface area contributed by atoms with E-state index in [9.17, 15) is 9.59 Å². The summed E-state index contributed by atoms with van der Waals surface area (Å²) in [6.45, 7) is 10.9. The van der Waals surface area contributed by atoms with E-state index in [4.69, 9.17) is 28.4 Å². The zero-order valence-electron chi connectivity index (χ0n) is 31.5. The van der Waals surface area contributed by atoms with Gasteiger partial charge in [-0.2, -0.15) is 0 Å². The fourth-order valence-electron chi connectivity index (χ4n) is 5.79. The van der Waals surface area contributed by atoms with Crippen molar-refractivity contribution in [2.45, 2.75) is 72.5 Å². The van der Waals surface area contributed by atoms with Crippen LogP contribution in [-0.4, -0.2) is 42.6 Å². The van der Waals surface area contributed by atoms with Gasteiger partial charge in [-0.25, -0.2) is 9.59 Å². The monoisotopic (exact) mass is 719 g/mol. The molecule has 0 spiro atoms. The molecule has 4 aromatic carbocycles. The van der Waals surface area contributed by atoms with Gasteiger partial charge in [0.15, 0.2) is 0 Å². The van der Waals surface area contributed by atoms with Crippen LogP contribution in [0.25, 0.3) is 11.3 Å². The highest BCUT2D eigenvalue weighted by Crippen LogP contribution is 2.38. The van der Waals surface area contributed by atoms with Crippen LogP contribution < -0.4 is 18.9 Å². The van der Waals surface area contributed by atoms with Crippen molar-refractivity contribution in [3.63, 3.8) is 0 Å². The van der Waals surface area contributed by atoms with Crippen LogP contribution in [0.5, 0.6) is 28.7 Å². The van der Waals surface area contributed by atoms with Crippen LogP contribution in [0.4, 0.5) is 4.79 Å². The van der Waals surface area contributed by atoms with Gasteiger partial charge in [0, 0.05) is 29.8 Å². The largest absolute Gasteiger partial charge is 0.493 e. The first-order valence-electron chi connectivity index (χ1n) is 18.1. The highest BCUT2D eigenvalue weighted by Gasteiger charge is 2.23. The first-order valence-corrected chi connectivity index (χ1v) is 18.1. The fourth-order valence-corrected chi connectivity index (χ4v) is 5.79. The summed E-state index contributed by atoms with van der Waals surface area (Å²) in [6, 6.07) is 30.3. The Labute approximate surface area is 312 Å². The molecule has 1 heterocycles. The minimum absolute atomic E-state index is 0.344. The molecule has 0 atom stereocenters. The van der Waals surface area contributed by atoms with Crippen LogP contribution in [0.2, 0.25) is 0 Å². The molecule has 0 saturated carbocycles. The van der Waals surface area contributed by atoms with E-state index in [1.54, 1.807) is 24.4 Å². The Morgan fingerprint density at radius 3 is 2.13 bits per heavy atom. The maximum atomic E-state index is 13.2. The second-order valence-electron chi connectivity index (χ2n) is 13.5. The van der Waals surface area contributed by atoms with E-state index in [-0.39, 0.29) is 0 Å². The number of rotatable bonds is 16. The molecule has 9 heteroatoms. The smallest absolute Gasteiger partial charge is 0.418 e. The van der Waals surface area contributed by atoms with Crippen molar-refractivity contribution in [1.82, 2.24) is 4.57 Å². The molecule has 0 N–H and O–H groups in total.